The summed E-state index contributed by atoms with van der Waals surface area (Å²) < 4.78 is 0. The minimum Gasteiger partial charge on any atom is -0.222 e. The van der Waals surface area contributed by atoms with Crippen molar-refractivity contribution in [3.05, 3.63) is 34.9 Å². The van der Waals surface area contributed by atoms with E-state index in [4.69, 9.17) is 20.4 Å². The lowest BCUT2D eigenvalue weighted by Crippen LogP contribution is -1.90. The highest BCUT2D eigenvalue weighted by atomic mass is 16.1. The third-order valence-corrected chi connectivity index (χ3v) is 2.34. The minimum absolute atomic E-state index is 0.750. The van der Waals surface area contributed by atoms with Gasteiger partial charge in [0.1, 0.15) is 0 Å². The molecule has 0 aliphatic carbocycles. The molecule has 0 aromatic heterocycles. The molecule has 4 nitrogen and oxygen atoms in total. The van der Waals surface area contributed by atoms with Crippen LogP contribution in [0.5, 0.6) is 0 Å². The average Bonchev–Trinajstić information content (AvgIpc) is 2.39. The van der Waals surface area contributed by atoms with Crippen LogP contribution in [0.4, 0.5) is 0 Å². The quantitative estimate of drug-likeness (QED) is 0.636. The summed E-state index contributed by atoms with van der Waals surface area (Å²) in [6.45, 7) is 6.65. The molecule has 0 radical (unpaired) electrons. The first-order valence-electron chi connectivity index (χ1n) is 5.82. The minimum atomic E-state index is 0.750. The number of nitrogens with one attached hydrogen (secondary N) is 2. The summed E-state index contributed by atoms with van der Waals surface area (Å²) in [5.41, 5.74) is 4.43. The van der Waals surface area contributed by atoms with Crippen molar-refractivity contribution in [1.29, 1.82) is 10.8 Å². The SMILES string of the molecule is CCc1cc(CC)cc(CC)c1.N=C=O.N=C=O. The van der Waals surface area contributed by atoms with Crippen LogP contribution in [0.2, 0.25) is 0 Å². The number of benzene rings is 1. The van der Waals surface area contributed by atoms with Crippen molar-refractivity contribution in [2.24, 2.45) is 0 Å². The molecule has 0 fully saturated rings. The molecule has 1 aromatic carbocycles. The normalized spacial score (nSPS) is 7.72. The maximum atomic E-state index is 8.35. The van der Waals surface area contributed by atoms with Gasteiger partial charge >= 0.3 is 0 Å². The number of hydrogen-bond acceptors (Lipinski definition) is 4. The van der Waals surface area contributed by atoms with E-state index in [0.717, 1.165) is 31.4 Å². The molecule has 0 amide bonds. The van der Waals surface area contributed by atoms with E-state index in [1.807, 2.05) is 0 Å². The summed E-state index contributed by atoms with van der Waals surface area (Å²) in [6, 6.07) is 6.96. The van der Waals surface area contributed by atoms with Gasteiger partial charge in [-0.3, -0.25) is 0 Å². The smallest absolute Gasteiger partial charge is 0.222 e. The second-order valence-electron chi connectivity index (χ2n) is 3.42. The van der Waals surface area contributed by atoms with E-state index in [2.05, 4.69) is 39.0 Å². The molecular weight excluding hydrogens is 228 g/mol. The van der Waals surface area contributed by atoms with Gasteiger partial charge in [0.25, 0.3) is 0 Å². The molecule has 98 valence electrons. The Balaban J connectivity index is 0. The van der Waals surface area contributed by atoms with Crippen LogP contribution in [-0.4, -0.2) is 12.2 Å². The summed E-state index contributed by atoms with van der Waals surface area (Å²) in [5.74, 6) is 0. The van der Waals surface area contributed by atoms with Crippen molar-refractivity contribution in [3.63, 3.8) is 0 Å². The van der Waals surface area contributed by atoms with Gasteiger partial charge in [0.15, 0.2) is 0 Å². The van der Waals surface area contributed by atoms with Gasteiger partial charge in [0.05, 0.1) is 0 Å². The number of carbonyl (C=O) groups excluding carboxylic acids is 2. The van der Waals surface area contributed by atoms with Crippen LogP contribution in [0.3, 0.4) is 0 Å². The highest BCUT2D eigenvalue weighted by Gasteiger charge is 1.96. The molecule has 0 saturated heterocycles. The zero-order valence-corrected chi connectivity index (χ0v) is 11.2. The number of hydrogen-bond donors (Lipinski definition) is 2. The molecule has 0 heterocycles. The molecule has 4 heteroatoms. The van der Waals surface area contributed by atoms with Crippen molar-refractivity contribution in [3.8, 4) is 0 Å². The monoisotopic (exact) mass is 248 g/mol. The van der Waals surface area contributed by atoms with Crippen molar-refractivity contribution in [2.75, 3.05) is 0 Å². The van der Waals surface area contributed by atoms with Crippen LogP contribution in [0.15, 0.2) is 18.2 Å². The number of rotatable bonds is 3. The first-order chi connectivity index (χ1) is 8.62. The van der Waals surface area contributed by atoms with Crippen LogP contribution in [0.25, 0.3) is 0 Å². The summed E-state index contributed by atoms with van der Waals surface area (Å²) in [7, 11) is 0. The van der Waals surface area contributed by atoms with Crippen LogP contribution in [0.1, 0.15) is 37.5 Å². The summed E-state index contributed by atoms with van der Waals surface area (Å²) in [5, 5.41) is 10.8. The lowest BCUT2D eigenvalue weighted by Gasteiger charge is -2.05. The van der Waals surface area contributed by atoms with Gasteiger partial charge in [-0.15, -0.1) is 0 Å². The molecule has 0 aliphatic rings. The maximum Gasteiger partial charge on any atom is 0.231 e. The van der Waals surface area contributed by atoms with Gasteiger partial charge < -0.3 is 0 Å². The van der Waals surface area contributed by atoms with E-state index in [1.165, 1.54) is 16.7 Å². The standard InChI is InChI=1S/C12H18.2CHNO/c1-4-10-7-11(5-2)9-12(6-3)8-10;2*2-1-3/h7-9H,4-6H2,1-3H3;2*2H. The Bertz CT molecular complexity index is 335. The molecule has 0 saturated carbocycles. The fraction of sp³-hybridized carbons (Fsp3) is 0.429. The molecule has 0 aliphatic heterocycles. The molecular formula is C14H20N2O2. The van der Waals surface area contributed by atoms with E-state index in [-0.39, 0.29) is 0 Å². The predicted molar refractivity (Wildman–Crippen MR) is 71.4 cm³/mol. The van der Waals surface area contributed by atoms with Crippen LogP contribution in [-0.2, 0) is 28.9 Å². The highest BCUT2D eigenvalue weighted by Crippen LogP contribution is 2.12. The van der Waals surface area contributed by atoms with E-state index in [0.29, 0.717) is 0 Å². The van der Waals surface area contributed by atoms with Crippen LogP contribution < -0.4 is 0 Å². The third kappa shape index (κ3) is 9.22. The van der Waals surface area contributed by atoms with Gasteiger partial charge in [0.2, 0.25) is 12.2 Å². The largest absolute Gasteiger partial charge is 0.231 e. The van der Waals surface area contributed by atoms with Gasteiger partial charge in [0, 0.05) is 0 Å². The molecule has 0 atom stereocenters. The molecule has 0 bridgehead atoms. The highest BCUT2D eigenvalue weighted by molar-refractivity contribution is 5.30. The Kier molecular flexibility index (Phi) is 13.3. The van der Waals surface area contributed by atoms with Crippen molar-refractivity contribution < 1.29 is 9.59 Å². The fourth-order valence-electron chi connectivity index (χ4n) is 1.45. The van der Waals surface area contributed by atoms with Gasteiger partial charge in [-0.1, -0.05) is 39.0 Å². The molecule has 0 spiro atoms. The van der Waals surface area contributed by atoms with E-state index < -0.39 is 0 Å². The van der Waals surface area contributed by atoms with Crippen molar-refractivity contribution in [1.82, 2.24) is 0 Å². The Morgan fingerprint density at radius 3 is 1.06 bits per heavy atom. The van der Waals surface area contributed by atoms with Crippen molar-refractivity contribution in [2.45, 2.75) is 40.0 Å². The van der Waals surface area contributed by atoms with Crippen LogP contribution in [0, 0.1) is 10.8 Å². The second kappa shape index (κ2) is 13.0. The average molecular weight is 248 g/mol. The fourth-order valence-corrected chi connectivity index (χ4v) is 1.45. The number of isocyanates is 2. The molecule has 18 heavy (non-hydrogen) atoms. The molecule has 0 unspecified atom stereocenters. The predicted octanol–water partition coefficient (Wildman–Crippen LogP) is 3.18. The van der Waals surface area contributed by atoms with E-state index in [9.17, 15) is 0 Å². The second-order valence-corrected chi connectivity index (χ2v) is 3.42. The Hall–Kier alpha value is -2.02. The zero-order chi connectivity index (χ0) is 14.4. The van der Waals surface area contributed by atoms with Gasteiger partial charge in [-0.2, -0.15) is 0 Å². The van der Waals surface area contributed by atoms with Crippen LogP contribution >= 0.6 is 0 Å². The molecule has 2 N–H and O–H groups in total. The lowest BCUT2D eigenvalue weighted by molar-refractivity contribution is 0.562. The van der Waals surface area contributed by atoms with Gasteiger partial charge in [-0.25, -0.2) is 20.4 Å². The van der Waals surface area contributed by atoms with E-state index >= 15 is 0 Å². The summed E-state index contributed by atoms with van der Waals surface area (Å²) >= 11 is 0. The zero-order valence-electron chi connectivity index (χ0n) is 11.2. The lowest BCUT2D eigenvalue weighted by atomic mass is 10.0. The number of aryl methyl sites for hydroxylation is 3. The Morgan fingerprint density at radius 2 is 0.944 bits per heavy atom. The summed E-state index contributed by atoms with van der Waals surface area (Å²) in [4.78, 5) is 16.7. The van der Waals surface area contributed by atoms with Gasteiger partial charge in [-0.05, 0) is 36.0 Å². The first kappa shape index (κ1) is 18.3. The van der Waals surface area contributed by atoms with E-state index in [1.54, 1.807) is 0 Å². The molecule has 1 aromatic rings. The maximum absolute atomic E-state index is 8.35. The summed E-state index contributed by atoms with van der Waals surface area (Å²) in [6.07, 6.45) is 4.96. The Morgan fingerprint density at radius 1 is 0.778 bits per heavy atom. The topological polar surface area (TPSA) is 81.8 Å². The van der Waals surface area contributed by atoms with Crippen molar-refractivity contribution >= 4 is 12.2 Å². The Labute approximate surface area is 108 Å². The molecule has 1 rings (SSSR count). The first-order valence-corrected chi connectivity index (χ1v) is 5.82. The third-order valence-electron chi connectivity index (χ3n) is 2.34.